The molecule has 0 saturated heterocycles. The molecule has 7 heteroatoms. The zero-order chi connectivity index (χ0) is 14.2. The normalized spacial score (nSPS) is 12.0. The molecule has 0 fully saturated rings. The number of rotatable bonds is 4. The van der Waals surface area contributed by atoms with Gasteiger partial charge in [-0.25, -0.2) is 13.4 Å². The van der Waals surface area contributed by atoms with Crippen LogP contribution in [0.15, 0.2) is 39.4 Å². The minimum Gasteiger partial charge on any atom is -0.399 e. The van der Waals surface area contributed by atoms with Crippen molar-refractivity contribution in [1.82, 2.24) is 4.98 Å². The van der Waals surface area contributed by atoms with Gasteiger partial charge >= 0.3 is 0 Å². The largest absolute Gasteiger partial charge is 0.399 e. The number of sulfone groups is 1. The zero-order valence-electron chi connectivity index (χ0n) is 10.4. The third-order valence-corrected chi connectivity index (χ3v) is 6.82. The molecule has 0 aliphatic rings. The molecule has 20 heavy (non-hydrogen) atoms. The number of nitrogen functional groups attached to an aromatic ring is 1. The molecule has 0 bridgehead atoms. The number of benzene rings is 1. The Kier molecular flexibility index (Phi) is 3.49. The first kappa shape index (κ1) is 13.5. The summed E-state index contributed by atoms with van der Waals surface area (Å²) < 4.78 is 25.6. The molecule has 0 radical (unpaired) electrons. The quantitative estimate of drug-likeness (QED) is 0.749. The molecule has 3 rings (SSSR count). The van der Waals surface area contributed by atoms with E-state index >= 15 is 0 Å². The SMILES string of the molecule is Nc1ccc2nc(S(=O)(=O)CCc3ccsc3)sc2c1. The lowest BCUT2D eigenvalue weighted by atomic mass is 10.3. The van der Waals surface area contributed by atoms with Crippen molar-refractivity contribution >= 4 is 48.4 Å². The molecule has 0 saturated carbocycles. The molecular formula is C13H12N2O2S3. The second kappa shape index (κ2) is 5.16. The van der Waals surface area contributed by atoms with Crippen LogP contribution in [0, 0.1) is 0 Å². The molecule has 3 aromatic rings. The summed E-state index contributed by atoms with van der Waals surface area (Å²) in [4.78, 5) is 4.20. The molecule has 2 N–H and O–H groups in total. The molecule has 0 aliphatic heterocycles. The monoisotopic (exact) mass is 324 g/mol. The Morgan fingerprint density at radius 3 is 2.85 bits per heavy atom. The van der Waals surface area contributed by atoms with Gasteiger partial charge in [0.2, 0.25) is 14.2 Å². The fourth-order valence-corrected chi connectivity index (χ4v) is 5.22. The first-order valence-corrected chi connectivity index (χ1v) is 9.36. The highest BCUT2D eigenvalue weighted by Gasteiger charge is 2.19. The molecule has 2 heterocycles. The van der Waals surface area contributed by atoms with E-state index < -0.39 is 9.84 Å². The second-order valence-electron chi connectivity index (χ2n) is 4.41. The van der Waals surface area contributed by atoms with Gasteiger partial charge in [-0.2, -0.15) is 11.3 Å². The number of hydrogen-bond donors (Lipinski definition) is 1. The maximum absolute atomic E-state index is 12.3. The molecule has 0 atom stereocenters. The lowest BCUT2D eigenvalue weighted by Gasteiger charge is -1.98. The summed E-state index contributed by atoms with van der Waals surface area (Å²) in [5.41, 5.74) is 8.03. The van der Waals surface area contributed by atoms with E-state index in [-0.39, 0.29) is 10.1 Å². The van der Waals surface area contributed by atoms with Gasteiger partial charge in [-0.15, -0.1) is 11.3 Å². The molecule has 4 nitrogen and oxygen atoms in total. The second-order valence-corrected chi connectivity index (χ2v) is 8.50. The van der Waals surface area contributed by atoms with Crippen LogP contribution >= 0.6 is 22.7 Å². The Balaban J connectivity index is 1.88. The van der Waals surface area contributed by atoms with Crippen molar-refractivity contribution in [1.29, 1.82) is 0 Å². The third kappa shape index (κ3) is 2.70. The standard InChI is InChI=1S/C13H12N2O2S3/c14-10-1-2-11-12(7-10)19-13(15-11)20(16,17)6-4-9-3-5-18-8-9/h1-3,5,7-8H,4,6,14H2. The van der Waals surface area contributed by atoms with E-state index in [4.69, 9.17) is 5.73 Å². The Morgan fingerprint density at radius 1 is 1.25 bits per heavy atom. The third-order valence-electron chi connectivity index (χ3n) is 2.90. The number of thiophene rings is 1. The van der Waals surface area contributed by atoms with Crippen molar-refractivity contribution in [3.05, 3.63) is 40.6 Å². The van der Waals surface area contributed by atoms with E-state index in [2.05, 4.69) is 4.98 Å². The van der Waals surface area contributed by atoms with Crippen LogP contribution in [-0.2, 0) is 16.3 Å². The number of nitrogens with zero attached hydrogens (tertiary/aromatic N) is 1. The van der Waals surface area contributed by atoms with Gasteiger partial charge in [0.05, 0.1) is 16.0 Å². The van der Waals surface area contributed by atoms with E-state index in [1.165, 1.54) is 11.3 Å². The van der Waals surface area contributed by atoms with Crippen LogP contribution in [0.5, 0.6) is 0 Å². The smallest absolute Gasteiger partial charge is 0.210 e. The topological polar surface area (TPSA) is 73.0 Å². The zero-order valence-corrected chi connectivity index (χ0v) is 12.9. The first-order chi connectivity index (χ1) is 9.54. The summed E-state index contributed by atoms with van der Waals surface area (Å²) in [5, 5.41) is 3.91. The summed E-state index contributed by atoms with van der Waals surface area (Å²) >= 11 is 2.75. The summed E-state index contributed by atoms with van der Waals surface area (Å²) in [6.45, 7) is 0. The van der Waals surface area contributed by atoms with Crippen molar-refractivity contribution < 1.29 is 8.42 Å². The lowest BCUT2D eigenvalue weighted by Crippen LogP contribution is -2.08. The minimum absolute atomic E-state index is 0.0824. The molecule has 0 unspecified atom stereocenters. The number of aryl methyl sites for hydroxylation is 1. The summed E-state index contributed by atoms with van der Waals surface area (Å²) in [6.07, 6.45) is 0.518. The Labute approximate surface area is 124 Å². The summed E-state index contributed by atoms with van der Waals surface area (Å²) in [6, 6.07) is 7.17. The van der Waals surface area contributed by atoms with Gasteiger partial charge in [0, 0.05) is 5.69 Å². The highest BCUT2D eigenvalue weighted by molar-refractivity contribution is 7.93. The van der Waals surface area contributed by atoms with Crippen molar-refractivity contribution in [2.45, 2.75) is 10.8 Å². The number of anilines is 1. The van der Waals surface area contributed by atoms with Crippen LogP contribution in [0.3, 0.4) is 0 Å². The summed E-state index contributed by atoms with van der Waals surface area (Å²) in [7, 11) is -3.34. The van der Waals surface area contributed by atoms with Crippen LogP contribution in [-0.4, -0.2) is 19.2 Å². The van der Waals surface area contributed by atoms with Gasteiger partial charge in [-0.1, -0.05) is 0 Å². The number of thiazole rings is 1. The Hall–Kier alpha value is -1.44. The maximum Gasteiger partial charge on any atom is 0.210 e. The van der Waals surface area contributed by atoms with Crippen LogP contribution in [0.1, 0.15) is 5.56 Å². The summed E-state index contributed by atoms with van der Waals surface area (Å²) in [5.74, 6) is 0.0824. The van der Waals surface area contributed by atoms with Gasteiger partial charge in [0.1, 0.15) is 0 Å². The van der Waals surface area contributed by atoms with Gasteiger partial charge in [0.15, 0.2) is 0 Å². The molecule has 2 aromatic heterocycles. The highest BCUT2D eigenvalue weighted by atomic mass is 32.2. The predicted molar refractivity (Wildman–Crippen MR) is 84.1 cm³/mol. The minimum atomic E-state index is -3.34. The van der Waals surface area contributed by atoms with E-state index in [0.29, 0.717) is 17.6 Å². The van der Waals surface area contributed by atoms with Gasteiger partial charge in [0.25, 0.3) is 0 Å². The maximum atomic E-state index is 12.3. The fourth-order valence-electron chi connectivity index (χ4n) is 1.83. The van der Waals surface area contributed by atoms with Crippen LogP contribution in [0.2, 0.25) is 0 Å². The van der Waals surface area contributed by atoms with Gasteiger partial charge in [-0.3, -0.25) is 0 Å². The highest BCUT2D eigenvalue weighted by Crippen LogP contribution is 2.28. The predicted octanol–water partition coefficient (Wildman–Crippen LogP) is 2.96. The van der Waals surface area contributed by atoms with Crippen LogP contribution in [0.25, 0.3) is 10.2 Å². The number of nitrogens with two attached hydrogens (primary N) is 1. The fraction of sp³-hybridized carbons (Fsp3) is 0.154. The van der Waals surface area contributed by atoms with E-state index in [1.54, 1.807) is 29.5 Å². The molecule has 1 aromatic carbocycles. The van der Waals surface area contributed by atoms with Crippen LogP contribution in [0.4, 0.5) is 5.69 Å². The average molecular weight is 324 g/mol. The molecule has 0 amide bonds. The molecule has 104 valence electrons. The lowest BCUT2D eigenvalue weighted by molar-refractivity contribution is 0.595. The van der Waals surface area contributed by atoms with E-state index in [9.17, 15) is 8.42 Å². The van der Waals surface area contributed by atoms with Crippen molar-refractivity contribution in [3.63, 3.8) is 0 Å². The Bertz CT molecular complexity index is 836. The Morgan fingerprint density at radius 2 is 2.10 bits per heavy atom. The van der Waals surface area contributed by atoms with E-state index in [1.807, 2.05) is 16.8 Å². The van der Waals surface area contributed by atoms with E-state index in [0.717, 1.165) is 10.3 Å². The first-order valence-electron chi connectivity index (χ1n) is 5.94. The van der Waals surface area contributed by atoms with Crippen molar-refractivity contribution in [2.24, 2.45) is 0 Å². The van der Waals surface area contributed by atoms with Crippen molar-refractivity contribution in [3.8, 4) is 0 Å². The number of aromatic nitrogens is 1. The van der Waals surface area contributed by atoms with Gasteiger partial charge in [-0.05, 0) is 47.0 Å². The molecule has 0 spiro atoms. The van der Waals surface area contributed by atoms with Gasteiger partial charge < -0.3 is 5.73 Å². The number of hydrogen-bond acceptors (Lipinski definition) is 6. The molecular weight excluding hydrogens is 312 g/mol. The average Bonchev–Trinajstić information content (AvgIpc) is 3.05. The molecule has 0 aliphatic carbocycles. The van der Waals surface area contributed by atoms with Crippen molar-refractivity contribution in [2.75, 3.05) is 11.5 Å². The van der Waals surface area contributed by atoms with Crippen LogP contribution < -0.4 is 5.73 Å². The number of fused-ring (bicyclic) bond motifs is 1.